The average molecular weight is 334 g/mol. The van der Waals surface area contributed by atoms with E-state index in [1.165, 1.54) is 22.6 Å². The summed E-state index contributed by atoms with van der Waals surface area (Å²) in [6, 6.07) is 14.0. The van der Waals surface area contributed by atoms with Gasteiger partial charge in [-0.3, -0.25) is 4.79 Å². The number of aryl methyl sites for hydroxylation is 1. The van der Waals surface area contributed by atoms with Crippen molar-refractivity contribution in [1.29, 1.82) is 0 Å². The van der Waals surface area contributed by atoms with E-state index < -0.39 is 0 Å². The van der Waals surface area contributed by atoms with Crippen molar-refractivity contribution < 1.29 is 9.53 Å². The molecule has 0 unspecified atom stereocenters. The molecule has 0 aliphatic carbocycles. The smallest absolute Gasteiger partial charge is 0.244 e. The van der Waals surface area contributed by atoms with Gasteiger partial charge in [0.15, 0.2) is 0 Å². The summed E-state index contributed by atoms with van der Waals surface area (Å²) in [4.78, 5) is 15.3. The highest BCUT2D eigenvalue weighted by Gasteiger charge is 2.04. The Morgan fingerprint density at radius 1 is 1.24 bits per heavy atom. The molecule has 0 fully saturated rings. The van der Waals surface area contributed by atoms with Gasteiger partial charge >= 0.3 is 0 Å². The number of H-pyrrole nitrogens is 1. The molecule has 4 nitrogen and oxygen atoms in total. The average Bonchev–Trinajstić information content (AvgIpc) is 3.02. The van der Waals surface area contributed by atoms with Gasteiger partial charge in [0, 0.05) is 35.3 Å². The second-order valence-corrected chi connectivity index (χ2v) is 5.98. The molecular formula is C21H22N2O2. The van der Waals surface area contributed by atoms with Gasteiger partial charge < -0.3 is 15.0 Å². The van der Waals surface area contributed by atoms with Gasteiger partial charge in [-0.15, -0.1) is 0 Å². The number of benzene rings is 2. The zero-order valence-corrected chi connectivity index (χ0v) is 14.5. The topological polar surface area (TPSA) is 54.1 Å². The van der Waals surface area contributed by atoms with Gasteiger partial charge in [-0.05, 0) is 43.2 Å². The summed E-state index contributed by atoms with van der Waals surface area (Å²) >= 11 is 0. The number of amides is 1. The minimum absolute atomic E-state index is 0.109. The Balaban J connectivity index is 1.57. The van der Waals surface area contributed by atoms with Crippen molar-refractivity contribution in [2.45, 2.75) is 13.3 Å². The second kappa shape index (κ2) is 7.71. The number of rotatable bonds is 6. The summed E-state index contributed by atoms with van der Waals surface area (Å²) in [5, 5.41) is 4.15. The zero-order chi connectivity index (χ0) is 17.6. The number of hydrogen-bond donors (Lipinski definition) is 2. The van der Waals surface area contributed by atoms with Crippen LogP contribution in [0.15, 0.2) is 54.7 Å². The van der Waals surface area contributed by atoms with Crippen molar-refractivity contribution in [2.24, 2.45) is 0 Å². The molecule has 0 spiro atoms. The Hall–Kier alpha value is -3.01. The molecule has 1 aromatic heterocycles. The van der Waals surface area contributed by atoms with E-state index in [0.717, 1.165) is 23.3 Å². The Bertz CT molecular complexity index is 909. The molecule has 0 atom stereocenters. The fourth-order valence-electron chi connectivity index (χ4n) is 2.85. The first-order valence-electron chi connectivity index (χ1n) is 8.33. The van der Waals surface area contributed by atoms with E-state index in [9.17, 15) is 4.79 Å². The minimum atomic E-state index is -0.109. The maximum absolute atomic E-state index is 12.0. The Labute approximate surface area is 147 Å². The van der Waals surface area contributed by atoms with E-state index in [0.29, 0.717) is 6.54 Å². The molecule has 4 heteroatoms. The third-order valence-corrected chi connectivity index (χ3v) is 4.17. The first-order chi connectivity index (χ1) is 12.2. The molecule has 0 bridgehead atoms. The molecular weight excluding hydrogens is 312 g/mol. The number of carbonyl (C=O) groups excluding carboxylic acids is 1. The van der Waals surface area contributed by atoms with Crippen molar-refractivity contribution in [3.8, 4) is 5.75 Å². The number of fused-ring (bicyclic) bond motifs is 1. The second-order valence-electron chi connectivity index (χ2n) is 5.98. The number of ether oxygens (including phenoxy) is 1. The third kappa shape index (κ3) is 4.10. The summed E-state index contributed by atoms with van der Waals surface area (Å²) in [6.45, 7) is 2.68. The number of aromatic nitrogens is 1. The molecule has 0 aliphatic heterocycles. The normalized spacial score (nSPS) is 11.1. The lowest BCUT2D eigenvalue weighted by atomic mass is 10.1. The van der Waals surface area contributed by atoms with Crippen LogP contribution in [0.3, 0.4) is 0 Å². The van der Waals surface area contributed by atoms with Gasteiger partial charge in [0.1, 0.15) is 5.75 Å². The van der Waals surface area contributed by atoms with Crippen LogP contribution in [0.25, 0.3) is 17.0 Å². The molecule has 2 aromatic carbocycles. The molecule has 3 aromatic rings. The summed E-state index contributed by atoms with van der Waals surface area (Å²) in [5.74, 6) is 0.641. The lowest BCUT2D eigenvalue weighted by Gasteiger charge is -2.04. The summed E-state index contributed by atoms with van der Waals surface area (Å²) in [6.07, 6.45) is 6.11. The van der Waals surface area contributed by atoms with E-state index in [1.807, 2.05) is 30.5 Å². The SMILES string of the molecule is COc1ccccc1C=CC(=O)NCCc1c[nH]c2ccc(C)cc12. The minimum Gasteiger partial charge on any atom is -0.496 e. The van der Waals surface area contributed by atoms with Crippen molar-refractivity contribution in [1.82, 2.24) is 10.3 Å². The highest BCUT2D eigenvalue weighted by molar-refractivity contribution is 5.92. The van der Waals surface area contributed by atoms with Crippen molar-refractivity contribution in [2.75, 3.05) is 13.7 Å². The third-order valence-electron chi connectivity index (χ3n) is 4.17. The van der Waals surface area contributed by atoms with E-state index in [4.69, 9.17) is 4.74 Å². The maximum Gasteiger partial charge on any atom is 0.244 e. The fraction of sp³-hybridized carbons (Fsp3) is 0.190. The molecule has 0 saturated heterocycles. The van der Waals surface area contributed by atoms with E-state index in [-0.39, 0.29) is 5.91 Å². The lowest BCUT2D eigenvalue weighted by molar-refractivity contribution is -0.116. The number of aromatic amines is 1. The van der Waals surface area contributed by atoms with Crippen LogP contribution in [-0.2, 0) is 11.2 Å². The van der Waals surface area contributed by atoms with Gasteiger partial charge in [-0.2, -0.15) is 0 Å². The van der Waals surface area contributed by atoms with E-state index >= 15 is 0 Å². The van der Waals surface area contributed by atoms with Crippen LogP contribution in [0.5, 0.6) is 5.75 Å². The van der Waals surface area contributed by atoms with Gasteiger partial charge in [-0.25, -0.2) is 0 Å². The monoisotopic (exact) mass is 334 g/mol. The molecule has 1 amide bonds. The van der Waals surface area contributed by atoms with E-state index in [2.05, 4.69) is 35.4 Å². The summed E-state index contributed by atoms with van der Waals surface area (Å²) < 4.78 is 5.27. The molecule has 128 valence electrons. The van der Waals surface area contributed by atoms with Crippen LogP contribution in [0.1, 0.15) is 16.7 Å². The van der Waals surface area contributed by atoms with Gasteiger partial charge in [0.05, 0.1) is 7.11 Å². The molecule has 0 saturated carbocycles. The number of para-hydroxylation sites is 1. The Morgan fingerprint density at radius 3 is 2.92 bits per heavy atom. The summed E-state index contributed by atoms with van der Waals surface area (Å²) in [5.41, 5.74) is 4.46. The standard InChI is InChI=1S/C21H22N2O2/c1-15-7-9-19-18(13-15)17(14-23-19)11-12-22-21(24)10-8-16-5-3-4-6-20(16)25-2/h3-10,13-14,23H,11-12H2,1-2H3,(H,22,24). The predicted molar refractivity (Wildman–Crippen MR) is 102 cm³/mol. The fourth-order valence-corrected chi connectivity index (χ4v) is 2.85. The van der Waals surface area contributed by atoms with Crippen molar-refractivity contribution >= 4 is 22.9 Å². The number of nitrogens with one attached hydrogen (secondary N) is 2. The Kier molecular flexibility index (Phi) is 5.19. The van der Waals surface area contributed by atoms with Gasteiger partial charge in [0.2, 0.25) is 5.91 Å². The highest BCUT2D eigenvalue weighted by atomic mass is 16.5. The van der Waals surface area contributed by atoms with Crippen LogP contribution in [0, 0.1) is 6.92 Å². The van der Waals surface area contributed by atoms with Crippen LogP contribution < -0.4 is 10.1 Å². The quantitative estimate of drug-likeness (QED) is 0.673. The van der Waals surface area contributed by atoms with Crippen LogP contribution in [0.4, 0.5) is 0 Å². The highest BCUT2D eigenvalue weighted by Crippen LogP contribution is 2.20. The van der Waals surface area contributed by atoms with Crippen LogP contribution >= 0.6 is 0 Å². The van der Waals surface area contributed by atoms with Gasteiger partial charge in [0.25, 0.3) is 0 Å². The number of methoxy groups -OCH3 is 1. The summed E-state index contributed by atoms with van der Waals surface area (Å²) in [7, 11) is 1.62. The molecule has 2 N–H and O–H groups in total. The van der Waals surface area contributed by atoms with E-state index in [1.54, 1.807) is 13.2 Å². The molecule has 1 heterocycles. The maximum atomic E-state index is 12.0. The van der Waals surface area contributed by atoms with Gasteiger partial charge in [-0.1, -0.05) is 29.8 Å². The number of carbonyl (C=O) groups is 1. The zero-order valence-electron chi connectivity index (χ0n) is 14.5. The Morgan fingerprint density at radius 2 is 2.08 bits per heavy atom. The predicted octanol–water partition coefficient (Wildman–Crippen LogP) is 3.86. The molecule has 3 rings (SSSR count). The van der Waals surface area contributed by atoms with Crippen LogP contribution in [0.2, 0.25) is 0 Å². The molecule has 0 radical (unpaired) electrons. The molecule has 0 aliphatic rings. The lowest BCUT2D eigenvalue weighted by Crippen LogP contribution is -2.23. The number of hydrogen-bond acceptors (Lipinski definition) is 2. The first kappa shape index (κ1) is 16.8. The van der Waals surface area contributed by atoms with Crippen LogP contribution in [-0.4, -0.2) is 24.5 Å². The largest absolute Gasteiger partial charge is 0.496 e. The van der Waals surface area contributed by atoms with Crippen molar-refractivity contribution in [3.63, 3.8) is 0 Å². The van der Waals surface area contributed by atoms with Crippen molar-refractivity contribution in [3.05, 3.63) is 71.4 Å². The molecule has 25 heavy (non-hydrogen) atoms. The first-order valence-corrected chi connectivity index (χ1v) is 8.33.